The van der Waals surface area contributed by atoms with Crippen LogP contribution in [0.1, 0.15) is 13.3 Å². The third kappa shape index (κ3) is 2.24. The summed E-state index contributed by atoms with van der Waals surface area (Å²) >= 11 is 0. The molecular formula is C11H17N5. The van der Waals surface area contributed by atoms with Gasteiger partial charge in [-0.3, -0.25) is 0 Å². The van der Waals surface area contributed by atoms with Crippen LogP contribution in [0.15, 0.2) is 23.3 Å². The van der Waals surface area contributed by atoms with Crippen molar-refractivity contribution in [2.24, 2.45) is 0 Å². The van der Waals surface area contributed by atoms with Gasteiger partial charge >= 0.3 is 0 Å². The van der Waals surface area contributed by atoms with Crippen molar-refractivity contribution < 1.29 is 0 Å². The smallest absolute Gasteiger partial charge is 0.245 e. The van der Waals surface area contributed by atoms with E-state index in [9.17, 15) is 0 Å². The van der Waals surface area contributed by atoms with E-state index in [2.05, 4.69) is 39.6 Å². The molecule has 5 heteroatoms. The molecule has 1 aromatic rings. The summed E-state index contributed by atoms with van der Waals surface area (Å²) in [7, 11) is 3.83. The lowest BCUT2D eigenvalue weighted by Gasteiger charge is -2.05. The van der Waals surface area contributed by atoms with Gasteiger partial charge in [0.05, 0.1) is 0 Å². The van der Waals surface area contributed by atoms with Gasteiger partial charge in [0.15, 0.2) is 0 Å². The molecule has 0 fully saturated rings. The molecule has 2 rings (SSSR count). The van der Waals surface area contributed by atoms with Crippen molar-refractivity contribution in [1.82, 2.24) is 15.2 Å². The largest absolute Gasteiger partial charge is 0.350 e. The first kappa shape index (κ1) is 10.7. The Bertz CT molecular complexity index is 427. The minimum Gasteiger partial charge on any atom is -0.350 e. The Morgan fingerprint density at radius 2 is 2.31 bits per heavy atom. The standard InChI is InChI=1S/C11H17N5/c1-8-5-4-6-9(8)7-12-10-13-11(15-14-10)16(2)3/h4,6H,5,7H2,1-3H3,(H2,12,13,14,15). The molecule has 1 aromatic heterocycles. The van der Waals surface area contributed by atoms with Crippen LogP contribution in [0.2, 0.25) is 0 Å². The quantitative estimate of drug-likeness (QED) is 0.807. The van der Waals surface area contributed by atoms with E-state index >= 15 is 0 Å². The fourth-order valence-electron chi connectivity index (χ4n) is 1.57. The Morgan fingerprint density at radius 1 is 1.50 bits per heavy atom. The van der Waals surface area contributed by atoms with Crippen molar-refractivity contribution in [2.45, 2.75) is 13.3 Å². The SMILES string of the molecule is CC1=C(CNc2nc(N(C)C)n[nH]2)C=CC1. The maximum Gasteiger partial charge on any atom is 0.245 e. The minimum absolute atomic E-state index is 0.690. The lowest BCUT2D eigenvalue weighted by atomic mass is 10.2. The number of hydrogen-bond donors (Lipinski definition) is 2. The average molecular weight is 219 g/mol. The van der Waals surface area contributed by atoms with Crippen LogP contribution in [-0.4, -0.2) is 35.8 Å². The molecule has 1 aliphatic rings. The van der Waals surface area contributed by atoms with Gasteiger partial charge in [0, 0.05) is 20.6 Å². The van der Waals surface area contributed by atoms with Gasteiger partial charge in [0.2, 0.25) is 11.9 Å². The van der Waals surface area contributed by atoms with Crippen LogP contribution >= 0.6 is 0 Å². The van der Waals surface area contributed by atoms with Crippen molar-refractivity contribution >= 4 is 11.9 Å². The monoisotopic (exact) mass is 219 g/mol. The zero-order valence-corrected chi connectivity index (χ0v) is 9.91. The van der Waals surface area contributed by atoms with Gasteiger partial charge in [-0.25, -0.2) is 5.10 Å². The van der Waals surface area contributed by atoms with Gasteiger partial charge in [0.1, 0.15) is 0 Å². The molecule has 0 aromatic carbocycles. The van der Waals surface area contributed by atoms with E-state index in [0.717, 1.165) is 13.0 Å². The summed E-state index contributed by atoms with van der Waals surface area (Å²) < 4.78 is 0. The van der Waals surface area contributed by atoms with E-state index in [-0.39, 0.29) is 0 Å². The van der Waals surface area contributed by atoms with Gasteiger partial charge in [-0.2, -0.15) is 4.98 Å². The zero-order chi connectivity index (χ0) is 11.5. The van der Waals surface area contributed by atoms with Gasteiger partial charge in [0.25, 0.3) is 0 Å². The van der Waals surface area contributed by atoms with Crippen LogP contribution in [0.5, 0.6) is 0 Å². The fourth-order valence-corrected chi connectivity index (χ4v) is 1.57. The van der Waals surface area contributed by atoms with Crippen molar-refractivity contribution in [1.29, 1.82) is 0 Å². The molecule has 0 radical (unpaired) electrons. The molecule has 1 heterocycles. The molecule has 0 saturated heterocycles. The molecule has 0 amide bonds. The van der Waals surface area contributed by atoms with E-state index in [1.165, 1.54) is 11.1 Å². The summed E-state index contributed by atoms with van der Waals surface area (Å²) in [5.74, 6) is 1.40. The molecule has 0 saturated carbocycles. The van der Waals surface area contributed by atoms with Gasteiger partial charge < -0.3 is 10.2 Å². The van der Waals surface area contributed by atoms with E-state index in [1.807, 2.05) is 19.0 Å². The molecule has 86 valence electrons. The number of aromatic nitrogens is 3. The highest BCUT2D eigenvalue weighted by Crippen LogP contribution is 2.18. The normalized spacial score (nSPS) is 14.7. The lowest BCUT2D eigenvalue weighted by molar-refractivity contribution is 0.998. The highest BCUT2D eigenvalue weighted by Gasteiger charge is 2.07. The molecule has 0 aliphatic heterocycles. The zero-order valence-electron chi connectivity index (χ0n) is 9.91. The number of nitrogens with zero attached hydrogens (tertiary/aromatic N) is 3. The molecule has 2 N–H and O–H groups in total. The molecule has 0 spiro atoms. The van der Waals surface area contributed by atoms with Crippen LogP contribution in [0.4, 0.5) is 11.9 Å². The predicted molar refractivity (Wildman–Crippen MR) is 65.7 cm³/mol. The second kappa shape index (κ2) is 4.38. The number of aromatic amines is 1. The van der Waals surface area contributed by atoms with Crippen LogP contribution in [0, 0.1) is 0 Å². The number of hydrogen-bond acceptors (Lipinski definition) is 4. The van der Waals surface area contributed by atoms with E-state index in [4.69, 9.17) is 0 Å². The maximum atomic E-state index is 4.30. The number of H-pyrrole nitrogens is 1. The van der Waals surface area contributed by atoms with Gasteiger partial charge in [-0.1, -0.05) is 17.7 Å². The molecule has 5 nitrogen and oxygen atoms in total. The Kier molecular flexibility index (Phi) is 2.94. The molecular weight excluding hydrogens is 202 g/mol. The third-order valence-electron chi connectivity index (χ3n) is 2.61. The first-order valence-electron chi connectivity index (χ1n) is 5.35. The molecule has 1 aliphatic carbocycles. The van der Waals surface area contributed by atoms with Crippen molar-refractivity contribution in [2.75, 3.05) is 30.9 Å². The highest BCUT2D eigenvalue weighted by molar-refractivity contribution is 5.40. The number of allylic oxidation sites excluding steroid dienone is 2. The molecule has 0 bridgehead atoms. The van der Waals surface area contributed by atoms with Crippen molar-refractivity contribution in [3.63, 3.8) is 0 Å². The number of rotatable bonds is 4. The molecule has 16 heavy (non-hydrogen) atoms. The second-order valence-corrected chi connectivity index (χ2v) is 4.14. The van der Waals surface area contributed by atoms with E-state index in [0.29, 0.717) is 11.9 Å². The topological polar surface area (TPSA) is 56.8 Å². The Morgan fingerprint density at radius 3 is 2.88 bits per heavy atom. The Labute approximate surface area is 95.3 Å². The summed E-state index contributed by atoms with van der Waals surface area (Å²) in [5, 5.41) is 10.2. The van der Waals surface area contributed by atoms with Crippen LogP contribution in [-0.2, 0) is 0 Å². The van der Waals surface area contributed by atoms with E-state index < -0.39 is 0 Å². The molecule has 0 atom stereocenters. The van der Waals surface area contributed by atoms with Crippen LogP contribution in [0.3, 0.4) is 0 Å². The van der Waals surface area contributed by atoms with Gasteiger partial charge in [-0.05, 0) is 18.9 Å². The molecule has 0 unspecified atom stereocenters. The first-order valence-corrected chi connectivity index (χ1v) is 5.35. The van der Waals surface area contributed by atoms with Crippen LogP contribution < -0.4 is 10.2 Å². The second-order valence-electron chi connectivity index (χ2n) is 4.14. The Hall–Kier alpha value is -1.78. The lowest BCUT2D eigenvalue weighted by Crippen LogP contribution is -2.10. The van der Waals surface area contributed by atoms with Gasteiger partial charge in [-0.15, -0.1) is 5.10 Å². The summed E-state index contributed by atoms with van der Waals surface area (Å²) in [5.41, 5.74) is 2.75. The van der Waals surface area contributed by atoms with Crippen molar-refractivity contribution in [3.8, 4) is 0 Å². The first-order chi connectivity index (χ1) is 7.66. The van der Waals surface area contributed by atoms with Crippen molar-refractivity contribution in [3.05, 3.63) is 23.3 Å². The number of anilines is 2. The number of nitrogens with one attached hydrogen (secondary N) is 2. The minimum atomic E-state index is 0.690. The summed E-state index contributed by atoms with van der Waals surface area (Å²) in [6.45, 7) is 2.95. The average Bonchev–Trinajstić information content (AvgIpc) is 2.83. The summed E-state index contributed by atoms with van der Waals surface area (Å²) in [4.78, 5) is 6.16. The maximum absolute atomic E-state index is 4.30. The summed E-state index contributed by atoms with van der Waals surface area (Å²) in [6, 6.07) is 0. The fraction of sp³-hybridized carbons (Fsp3) is 0.455. The summed E-state index contributed by atoms with van der Waals surface area (Å²) in [6.07, 6.45) is 5.40. The van der Waals surface area contributed by atoms with Crippen LogP contribution in [0.25, 0.3) is 0 Å². The third-order valence-corrected chi connectivity index (χ3v) is 2.61. The highest BCUT2D eigenvalue weighted by atomic mass is 15.4. The Balaban J connectivity index is 1.94. The van der Waals surface area contributed by atoms with E-state index in [1.54, 1.807) is 0 Å². The predicted octanol–water partition coefficient (Wildman–Crippen LogP) is 1.56.